The zero-order valence-electron chi connectivity index (χ0n) is 15.6. The molecule has 0 radical (unpaired) electrons. The van der Waals surface area contributed by atoms with E-state index in [2.05, 4.69) is 10.6 Å². The number of urea groups is 1. The highest BCUT2D eigenvalue weighted by atomic mass is 32.2. The van der Waals surface area contributed by atoms with Gasteiger partial charge in [0.2, 0.25) is 0 Å². The van der Waals surface area contributed by atoms with Gasteiger partial charge in [-0.25, -0.2) is 4.79 Å². The minimum atomic E-state index is -0.888. The van der Waals surface area contributed by atoms with Gasteiger partial charge >= 0.3 is 6.03 Å². The Balaban J connectivity index is 1.64. The number of carbonyl (C=O) groups excluding carboxylic acids is 2. The topological polar surface area (TPSA) is 101 Å². The molecule has 0 aromatic heterocycles. The van der Waals surface area contributed by atoms with Gasteiger partial charge in [-0.2, -0.15) is 0 Å². The van der Waals surface area contributed by atoms with Crippen LogP contribution in [0, 0.1) is 0 Å². The van der Waals surface area contributed by atoms with Crippen molar-refractivity contribution >= 4 is 34.1 Å². The molecule has 1 aliphatic rings. The smallest absolute Gasteiger partial charge is 0.316 e. The molecule has 28 heavy (non-hydrogen) atoms. The number of carbonyl (C=O) groups is 2. The maximum absolute atomic E-state index is 12.6. The number of nitrogens with one attached hydrogen (secondary N) is 2. The van der Waals surface area contributed by atoms with Gasteiger partial charge in [-0.15, -0.1) is 0 Å². The van der Waals surface area contributed by atoms with Crippen LogP contribution in [-0.4, -0.2) is 21.4 Å². The Morgan fingerprint density at radius 2 is 1.64 bits per heavy atom. The summed E-state index contributed by atoms with van der Waals surface area (Å²) in [4.78, 5) is 23.5. The third-order valence-corrected chi connectivity index (χ3v) is 6.64. The number of hydrogen-bond donors (Lipinski definition) is 3. The van der Waals surface area contributed by atoms with Crippen LogP contribution in [0.25, 0.3) is 0 Å². The van der Waals surface area contributed by atoms with Crippen molar-refractivity contribution in [2.24, 2.45) is 5.73 Å². The molecule has 2 aromatic carbocycles. The monoisotopic (exact) mass is 399 g/mol. The standard InChI is InChI=1S/C21H25N3O3S/c22-21(26)24-18-9-5-7-16(13-18)20(25)23-17-8-4-6-15(12-17)14-28(27)19-10-2-1-3-11-19/h4-9,12-13,19H,1-3,10-11,14H2,(H,23,25)(H3,22,24,26). The Morgan fingerprint density at radius 1 is 0.964 bits per heavy atom. The Hall–Kier alpha value is -2.67. The molecule has 4 N–H and O–H groups in total. The molecule has 0 spiro atoms. The van der Waals surface area contributed by atoms with E-state index in [0.717, 1.165) is 31.2 Å². The first kappa shape index (κ1) is 20.1. The van der Waals surface area contributed by atoms with Crippen LogP contribution in [0.15, 0.2) is 48.5 Å². The Bertz CT molecular complexity index is 879. The average molecular weight is 400 g/mol. The number of hydrogen-bond acceptors (Lipinski definition) is 3. The summed E-state index contributed by atoms with van der Waals surface area (Å²) in [5, 5.41) is 5.59. The van der Waals surface area contributed by atoms with Crippen molar-refractivity contribution in [1.82, 2.24) is 0 Å². The van der Waals surface area contributed by atoms with Gasteiger partial charge in [-0.1, -0.05) is 37.5 Å². The first-order valence-corrected chi connectivity index (χ1v) is 10.8. The molecule has 1 unspecified atom stereocenters. The van der Waals surface area contributed by atoms with Crippen LogP contribution in [0.1, 0.15) is 48.0 Å². The van der Waals surface area contributed by atoms with Crippen molar-refractivity contribution in [2.45, 2.75) is 43.1 Å². The van der Waals surface area contributed by atoms with Crippen molar-refractivity contribution in [1.29, 1.82) is 0 Å². The second-order valence-corrected chi connectivity index (χ2v) is 8.73. The molecule has 3 amide bonds. The zero-order valence-corrected chi connectivity index (χ0v) is 16.5. The second kappa shape index (κ2) is 9.50. The predicted molar refractivity (Wildman–Crippen MR) is 113 cm³/mol. The van der Waals surface area contributed by atoms with Crippen molar-refractivity contribution in [3.05, 3.63) is 59.7 Å². The van der Waals surface area contributed by atoms with Gasteiger partial charge in [0.15, 0.2) is 0 Å². The van der Waals surface area contributed by atoms with Gasteiger partial charge in [-0.3, -0.25) is 9.00 Å². The number of amides is 3. The molecular weight excluding hydrogens is 374 g/mol. The Kier molecular flexibility index (Phi) is 6.81. The van der Waals surface area contributed by atoms with E-state index in [1.54, 1.807) is 30.3 Å². The molecule has 1 fully saturated rings. The van der Waals surface area contributed by atoms with Gasteiger partial charge in [-0.05, 0) is 48.7 Å². The fourth-order valence-corrected chi connectivity index (χ4v) is 5.04. The lowest BCUT2D eigenvalue weighted by Crippen LogP contribution is -2.20. The molecular formula is C21H25N3O3S. The van der Waals surface area contributed by atoms with Crippen LogP contribution in [-0.2, 0) is 16.6 Å². The van der Waals surface area contributed by atoms with Gasteiger partial charge in [0, 0.05) is 38.7 Å². The lowest BCUT2D eigenvalue weighted by atomic mass is 10.0. The fraction of sp³-hybridized carbons (Fsp3) is 0.333. The number of anilines is 2. The minimum absolute atomic E-state index is 0.285. The van der Waals surface area contributed by atoms with Crippen molar-refractivity contribution in [3.8, 4) is 0 Å². The van der Waals surface area contributed by atoms with Crippen molar-refractivity contribution in [3.63, 3.8) is 0 Å². The lowest BCUT2D eigenvalue weighted by Gasteiger charge is -2.21. The first-order chi connectivity index (χ1) is 13.5. The van der Waals surface area contributed by atoms with E-state index in [4.69, 9.17) is 5.73 Å². The maximum atomic E-state index is 12.6. The van der Waals surface area contributed by atoms with Crippen molar-refractivity contribution in [2.75, 3.05) is 10.6 Å². The fourth-order valence-electron chi connectivity index (χ4n) is 3.43. The zero-order chi connectivity index (χ0) is 19.9. The Morgan fingerprint density at radius 3 is 2.36 bits per heavy atom. The van der Waals surface area contributed by atoms with E-state index >= 15 is 0 Å². The summed E-state index contributed by atoms with van der Waals surface area (Å²) in [5.74, 6) is 0.213. The molecule has 148 valence electrons. The summed E-state index contributed by atoms with van der Waals surface area (Å²) in [5.41, 5.74) is 7.57. The summed E-state index contributed by atoms with van der Waals surface area (Å²) >= 11 is 0. The second-order valence-electron chi connectivity index (χ2n) is 7.01. The van der Waals surface area contributed by atoms with Gasteiger partial charge in [0.1, 0.15) is 0 Å². The SMILES string of the molecule is NC(=O)Nc1cccc(C(=O)Nc2cccc(CS(=O)C3CCCCC3)c2)c1. The molecule has 2 aromatic rings. The highest BCUT2D eigenvalue weighted by Crippen LogP contribution is 2.24. The molecule has 1 atom stereocenters. The average Bonchev–Trinajstić information content (AvgIpc) is 2.68. The van der Waals surface area contributed by atoms with E-state index in [-0.39, 0.29) is 11.2 Å². The van der Waals surface area contributed by atoms with E-state index in [9.17, 15) is 13.8 Å². The molecule has 0 bridgehead atoms. The normalized spacial score (nSPS) is 15.6. The van der Waals surface area contributed by atoms with E-state index in [0.29, 0.717) is 22.7 Å². The molecule has 0 saturated heterocycles. The number of benzene rings is 2. The third-order valence-electron chi connectivity index (χ3n) is 4.81. The molecule has 3 rings (SSSR count). The van der Waals surface area contributed by atoms with Crippen LogP contribution >= 0.6 is 0 Å². The lowest BCUT2D eigenvalue weighted by molar-refractivity contribution is 0.102. The number of rotatable bonds is 6. The van der Waals surface area contributed by atoms with Crippen LogP contribution in [0.3, 0.4) is 0 Å². The Labute approximate surface area is 167 Å². The molecule has 0 aliphatic heterocycles. The minimum Gasteiger partial charge on any atom is -0.351 e. The number of primary amides is 1. The number of nitrogens with two attached hydrogens (primary N) is 1. The summed E-state index contributed by atoms with van der Waals surface area (Å²) in [6.07, 6.45) is 5.65. The summed E-state index contributed by atoms with van der Waals surface area (Å²) in [6, 6.07) is 13.3. The van der Waals surface area contributed by atoms with Gasteiger partial charge < -0.3 is 16.4 Å². The van der Waals surface area contributed by atoms with E-state index in [1.165, 1.54) is 6.42 Å². The highest BCUT2D eigenvalue weighted by molar-refractivity contribution is 7.84. The molecule has 7 heteroatoms. The van der Waals surface area contributed by atoms with E-state index in [1.807, 2.05) is 18.2 Å². The largest absolute Gasteiger partial charge is 0.351 e. The highest BCUT2D eigenvalue weighted by Gasteiger charge is 2.20. The van der Waals surface area contributed by atoms with E-state index < -0.39 is 16.8 Å². The molecule has 0 heterocycles. The summed E-state index contributed by atoms with van der Waals surface area (Å²) in [7, 11) is -0.888. The summed E-state index contributed by atoms with van der Waals surface area (Å²) in [6.45, 7) is 0. The molecule has 6 nitrogen and oxygen atoms in total. The van der Waals surface area contributed by atoms with Gasteiger partial charge in [0.25, 0.3) is 5.91 Å². The first-order valence-electron chi connectivity index (χ1n) is 9.45. The summed E-state index contributed by atoms with van der Waals surface area (Å²) < 4.78 is 12.6. The molecule has 1 saturated carbocycles. The van der Waals surface area contributed by atoms with Crippen LogP contribution in [0.2, 0.25) is 0 Å². The van der Waals surface area contributed by atoms with Gasteiger partial charge in [0.05, 0.1) is 0 Å². The third kappa shape index (κ3) is 5.66. The quantitative estimate of drug-likeness (QED) is 0.684. The van der Waals surface area contributed by atoms with Crippen LogP contribution in [0.4, 0.5) is 16.2 Å². The van der Waals surface area contributed by atoms with Crippen molar-refractivity contribution < 1.29 is 13.8 Å². The maximum Gasteiger partial charge on any atom is 0.316 e. The molecule has 1 aliphatic carbocycles. The van der Waals surface area contributed by atoms with Crippen LogP contribution in [0.5, 0.6) is 0 Å². The van der Waals surface area contributed by atoms with Crippen LogP contribution < -0.4 is 16.4 Å². The predicted octanol–water partition coefficient (Wildman–Crippen LogP) is 4.01.